The molecule has 0 unspecified atom stereocenters. The predicted octanol–water partition coefficient (Wildman–Crippen LogP) is 2.67. The van der Waals surface area contributed by atoms with Crippen molar-refractivity contribution in [3.05, 3.63) is 52.4 Å². The maximum absolute atomic E-state index is 12.4. The van der Waals surface area contributed by atoms with Crippen molar-refractivity contribution in [2.75, 3.05) is 13.1 Å². The molecular weight excluding hydrogens is 330 g/mol. The van der Waals surface area contributed by atoms with Crippen molar-refractivity contribution in [3.8, 4) is 0 Å². The molecule has 1 aromatic carbocycles. The van der Waals surface area contributed by atoms with Crippen molar-refractivity contribution in [1.29, 1.82) is 0 Å². The summed E-state index contributed by atoms with van der Waals surface area (Å²) in [6, 6.07) is 8.51. The monoisotopic (exact) mass is 347 g/mol. The van der Waals surface area contributed by atoms with Crippen LogP contribution in [0.3, 0.4) is 0 Å². The number of hydrogen-bond donors (Lipinski definition) is 1. The third-order valence-corrected chi connectivity index (χ3v) is 4.32. The molecule has 1 aromatic heterocycles. The maximum Gasteiger partial charge on any atom is 0.273 e. The van der Waals surface area contributed by atoms with Gasteiger partial charge in [-0.1, -0.05) is 16.8 Å². The van der Waals surface area contributed by atoms with Crippen LogP contribution in [0.5, 0.6) is 0 Å². The third kappa shape index (κ3) is 3.76. The van der Waals surface area contributed by atoms with Crippen LogP contribution < -0.4 is 5.32 Å². The first-order valence-corrected chi connectivity index (χ1v) is 8.20. The van der Waals surface area contributed by atoms with Gasteiger partial charge in [0.25, 0.3) is 11.8 Å². The summed E-state index contributed by atoms with van der Waals surface area (Å²) in [5.74, 6) is 0.349. The molecule has 0 saturated carbocycles. The fourth-order valence-corrected chi connectivity index (χ4v) is 2.86. The Balaban J connectivity index is 1.53. The van der Waals surface area contributed by atoms with E-state index in [-0.39, 0.29) is 23.6 Å². The van der Waals surface area contributed by atoms with E-state index in [4.69, 9.17) is 16.1 Å². The lowest BCUT2D eigenvalue weighted by molar-refractivity contribution is 0.0697. The minimum Gasteiger partial charge on any atom is -0.361 e. The highest BCUT2D eigenvalue weighted by Gasteiger charge is 2.25. The van der Waals surface area contributed by atoms with Gasteiger partial charge in [-0.15, -0.1) is 0 Å². The summed E-state index contributed by atoms with van der Waals surface area (Å²) in [5.41, 5.74) is 0.909. The van der Waals surface area contributed by atoms with Crippen LogP contribution in [-0.4, -0.2) is 41.0 Å². The lowest BCUT2D eigenvalue weighted by atomic mass is 10.0. The number of nitrogens with zero attached hydrogens (tertiary/aromatic N) is 2. The Kier molecular flexibility index (Phi) is 4.85. The van der Waals surface area contributed by atoms with Crippen molar-refractivity contribution in [3.63, 3.8) is 0 Å². The number of aryl methyl sites for hydroxylation is 1. The summed E-state index contributed by atoms with van der Waals surface area (Å²) in [6.45, 7) is 2.94. The minimum atomic E-state index is -0.241. The van der Waals surface area contributed by atoms with Gasteiger partial charge >= 0.3 is 0 Å². The van der Waals surface area contributed by atoms with Crippen molar-refractivity contribution in [1.82, 2.24) is 15.4 Å². The van der Waals surface area contributed by atoms with E-state index in [1.807, 2.05) is 0 Å². The number of nitrogens with one attached hydrogen (secondary N) is 1. The normalized spacial score (nSPS) is 15.3. The molecule has 3 rings (SSSR count). The van der Waals surface area contributed by atoms with E-state index < -0.39 is 0 Å². The van der Waals surface area contributed by atoms with Crippen molar-refractivity contribution in [2.45, 2.75) is 25.8 Å². The van der Waals surface area contributed by atoms with Gasteiger partial charge in [0, 0.05) is 35.8 Å². The molecule has 0 radical (unpaired) electrons. The second-order valence-corrected chi connectivity index (χ2v) is 6.31. The van der Waals surface area contributed by atoms with Gasteiger partial charge < -0.3 is 14.7 Å². The zero-order valence-electron chi connectivity index (χ0n) is 13.3. The first-order valence-electron chi connectivity index (χ1n) is 7.82. The molecule has 2 aromatic rings. The summed E-state index contributed by atoms with van der Waals surface area (Å²) in [5, 5.41) is 7.25. The summed E-state index contributed by atoms with van der Waals surface area (Å²) < 4.78 is 4.91. The minimum absolute atomic E-state index is 0.0106. The Morgan fingerprint density at radius 3 is 2.50 bits per heavy atom. The molecule has 7 heteroatoms. The zero-order valence-corrected chi connectivity index (χ0v) is 14.0. The van der Waals surface area contributed by atoms with Crippen LogP contribution in [0.4, 0.5) is 0 Å². The molecule has 126 valence electrons. The maximum atomic E-state index is 12.4. The van der Waals surface area contributed by atoms with Crippen LogP contribution in [0.1, 0.15) is 39.4 Å². The number of carbonyl (C=O) groups is 2. The van der Waals surface area contributed by atoms with Crippen molar-refractivity contribution >= 4 is 23.4 Å². The predicted molar refractivity (Wildman–Crippen MR) is 89.1 cm³/mol. The number of carbonyl (C=O) groups excluding carboxylic acids is 2. The Morgan fingerprint density at radius 2 is 1.92 bits per heavy atom. The molecule has 1 fully saturated rings. The second-order valence-electron chi connectivity index (χ2n) is 5.87. The van der Waals surface area contributed by atoms with E-state index in [0.29, 0.717) is 42.3 Å². The largest absolute Gasteiger partial charge is 0.361 e. The van der Waals surface area contributed by atoms with E-state index in [0.717, 1.165) is 0 Å². The fraction of sp³-hybridized carbons (Fsp3) is 0.353. The number of amides is 2. The van der Waals surface area contributed by atoms with Crippen LogP contribution in [0.2, 0.25) is 5.02 Å². The van der Waals surface area contributed by atoms with E-state index in [2.05, 4.69) is 10.5 Å². The average molecular weight is 348 g/mol. The SMILES string of the molecule is Cc1cc(C(=O)NC2CCN(C(=O)c3ccc(Cl)cc3)CC2)no1. The molecule has 0 bridgehead atoms. The van der Waals surface area contributed by atoms with Gasteiger partial charge in [0.1, 0.15) is 5.76 Å². The molecule has 0 atom stereocenters. The van der Waals surface area contributed by atoms with Crippen molar-refractivity contribution in [2.24, 2.45) is 0 Å². The molecule has 0 aliphatic carbocycles. The molecule has 24 heavy (non-hydrogen) atoms. The molecular formula is C17H18ClN3O3. The highest BCUT2D eigenvalue weighted by atomic mass is 35.5. The summed E-state index contributed by atoms with van der Waals surface area (Å²) >= 11 is 5.84. The van der Waals surface area contributed by atoms with Gasteiger partial charge in [0.15, 0.2) is 5.69 Å². The van der Waals surface area contributed by atoms with Crippen LogP contribution in [0.15, 0.2) is 34.9 Å². The average Bonchev–Trinajstić information content (AvgIpc) is 3.02. The summed E-state index contributed by atoms with van der Waals surface area (Å²) in [7, 11) is 0. The van der Waals surface area contributed by atoms with Gasteiger partial charge in [-0.3, -0.25) is 9.59 Å². The number of likely N-dealkylation sites (tertiary alicyclic amines) is 1. The topological polar surface area (TPSA) is 75.4 Å². The lowest BCUT2D eigenvalue weighted by Crippen LogP contribution is -2.46. The van der Waals surface area contributed by atoms with Gasteiger partial charge in [0.2, 0.25) is 0 Å². The Bertz CT molecular complexity index is 734. The van der Waals surface area contributed by atoms with Crippen LogP contribution in [0.25, 0.3) is 0 Å². The van der Waals surface area contributed by atoms with Crippen molar-refractivity contribution < 1.29 is 14.1 Å². The molecule has 6 nitrogen and oxygen atoms in total. The molecule has 1 N–H and O–H groups in total. The number of rotatable bonds is 3. The van der Waals surface area contributed by atoms with Crippen LogP contribution in [0, 0.1) is 6.92 Å². The zero-order chi connectivity index (χ0) is 17.1. The fourth-order valence-electron chi connectivity index (χ4n) is 2.73. The first kappa shape index (κ1) is 16.5. The van der Waals surface area contributed by atoms with Crippen LogP contribution >= 0.6 is 11.6 Å². The van der Waals surface area contributed by atoms with E-state index in [1.54, 1.807) is 42.2 Å². The lowest BCUT2D eigenvalue weighted by Gasteiger charge is -2.32. The van der Waals surface area contributed by atoms with Gasteiger partial charge in [-0.2, -0.15) is 0 Å². The summed E-state index contributed by atoms with van der Waals surface area (Å²) in [4.78, 5) is 26.3. The standard InChI is InChI=1S/C17H18ClN3O3/c1-11-10-15(20-24-11)16(22)19-14-6-8-21(9-7-14)17(23)12-2-4-13(18)5-3-12/h2-5,10,14H,6-9H2,1H3,(H,19,22). The van der Waals surface area contributed by atoms with Gasteiger partial charge in [-0.05, 0) is 44.0 Å². The number of aromatic nitrogens is 1. The van der Waals surface area contributed by atoms with Gasteiger partial charge in [-0.25, -0.2) is 0 Å². The molecule has 0 spiro atoms. The number of hydrogen-bond acceptors (Lipinski definition) is 4. The molecule has 1 aliphatic heterocycles. The van der Waals surface area contributed by atoms with Crippen LogP contribution in [-0.2, 0) is 0 Å². The number of piperidine rings is 1. The highest BCUT2D eigenvalue weighted by molar-refractivity contribution is 6.30. The second kappa shape index (κ2) is 7.05. The molecule has 1 saturated heterocycles. The third-order valence-electron chi connectivity index (χ3n) is 4.07. The Labute approximate surface area is 144 Å². The number of halogens is 1. The van der Waals surface area contributed by atoms with Gasteiger partial charge in [0.05, 0.1) is 0 Å². The highest BCUT2D eigenvalue weighted by Crippen LogP contribution is 2.16. The molecule has 1 aliphatic rings. The number of benzene rings is 1. The van der Waals surface area contributed by atoms with E-state index in [1.165, 1.54) is 0 Å². The smallest absolute Gasteiger partial charge is 0.273 e. The Hall–Kier alpha value is -2.34. The Morgan fingerprint density at radius 1 is 1.25 bits per heavy atom. The molecule has 2 heterocycles. The quantitative estimate of drug-likeness (QED) is 0.926. The first-order chi connectivity index (χ1) is 11.5. The van der Waals surface area contributed by atoms with E-state index >= 15 is 0 Å². The summed E-state index contributed by atoms with van der Waals surface area (Å²) in [6.07, 6.45) is 1.42. The molecule has 2 amide bonds. The van der Waals surface area contributed by atoms with E-state index in [9.17, 15) is 9.59 Å².